The number of unbranched alkanes of at least 4 members (excludes halogenated alkanes) is 14. The summed E-state index contributed by atoms with van der Waals surface area (Å²) in [4.78, 5) is 2.72. The molecule has 0 saturated heterocycles. The van der Waals surface area contributed by atoms with Crippen molar-refractivity contribution in [2.45, 2.75) is 130 Å². The van der Waals surface area contributed by atoms with Gasteiger partial charge in [0.05, 0.1) is 0 Å². The Hall–Kier alpha value is -0.530. The van der Waals surface area contributed by atoms with Crippen molar-refractivity contribution in [3.05, 3.63) is 35.4 Å². The van der Waals surface area contributed by atoms with Gasteiger partial charge in [0, 0.05) is 6.54 Å². The minimum Gasteiger partial charge on any atom is -0.299 e. The maximum absolute atomic E-state index is 2.72. The summed E-state index contributed by atoms with van der Waals surface area (Å²) in [5.74, 6) is 0. The molecule has 1 aromatic rings. The zero-order chi connectivity index (χ0) is 21.0. The van der Waals surface area contributed by atoms with Crippen molar-refractivity contribution in [1.29, 1.82) is 0 Å². The molecule has 0 aliphatic rings. The molecule has 0 fully saturated rings. The van der Waals surface area contributed by atoms with Gasteiger partial charge in [-0.15, -0.1) is 12.4 Å². The molecule has 1 aromatic carbocycles. The van der Waals surface area contributed by atoms with Crippen LogP contribution in [-0.2, 0) is 6.54 Å². The first-order valence-corrected chi connectivity index (χ1v) is 13.0. The molecule has 0 aliphatic heterocycles. The van der Waals surface area contributed by atoms with Crippen LogP contribution in [0.1, 0.15) is 128 Å². The van der Waals surface area contributed by atoms with E-state index in [9.17, 15) is 0 Å². The van der Waals surface area contributed by atoms with Gasteiger partial charge < -0.3 is 0 Å². The largest absolute Gasteiger partial charge is 0.299 e. The van der Waals surface area contributed by atoms with Crippen molar-refractivity contribution in [2.75, 3.05) is 13.1 Å². The highest BCUT2D eigenvalue weighted by molar-refractivity contribution is 5.85. The van der Waals surface area contributed by atoms with E-state index in [1.165, 1.54) is 127 Å². The van der Waals surface area contributed by atoms with E-state index in [0.717, 1.165) is 6.54 Å². The van der Waals surface area contributed by atoms with Gasteiger partial charge in [-0.2, -0.15) is 0 Å². The van der Waals surface area contributed by atoms with Crippen LogP contribution in [0.2, 0.25) is 0 Å². The summed E-state index contributed by atoms with van der Waals surface area (Å²) in [5, 5.41) is 0. The number of nitrogens with zero attached hydrogens (tertiary/aromatic N) is 1. The zero-order valence-electron chi connectivity index (χ0n) is 20.6. The molecule has 0 aliphatic carbocycles. The van der Waals surface area contributed by atoms with Crippen LogP contribution in [-0.4, -0.2) is 18.0 Å². The van der Waals surface area contributed by atoms with Crippen molar-refractivity contribution >= 4 is 12.4 Å². The predicted octanol–water partition coefficient (Wildman–Crippen LogP) is 9.50. The van der Waals surface area contributed by atoms with Crippen molar-refractivity contribution in [3.63, 3.8) is 0 Å². The molecular formula is C28H52ClN. The van der Waals surface area contributed by atoms with Crippen LogP contribution in [0.25, 0.3) is 0 Å². The summed E-state index contributed by atoms with van der Waals surface area (Å²) in [7, 11) is 0. The maximum Gasteiger partial charge on any atom is 0.0233 e. The van der Waals surface area contributed by atoms with E-state index in [1.807, 2.05) is 0 Å². The molecule has 0 unspecified atom stereocenters. The summed E-state index contributed by atoms with van der Waals surface area (Å²) in [5.41, 5.74) is 2.85. The Kier molecular flexibility index (Phi) is 21.3. The first-order chi connectivity index (χ1) is 14.3. The van der Waals surface area contributed by atoms with Gasteiger partial charge in [-0.3, -0.25) is 4.90 Å². The van der Waals surface area contributed by atoms with Gasteiger partial charge >= 0.3 is 0 Å². The molecule has 0 saturated carbocycles. The minimum absolute atomic E-state index is 0. The third-order valence-corrected chi connectivity index (χ3v) is 6.18. The van der Waals surface area contributed by atoms with Crippen LogP contribution in [0, 0.1) is 6.92 Å². The van der Waals surface area contributed by atoms with Crippen molar-refractivity contribution in [1.82, 2.24) is 4.90 Å². The highest BCUT2D eigenvalue weighted by atomic mass is 35.5. The van der Waals surface area contributed by atoms with Crippen LogP contribution < -0.4 is 0 Å². The Labute approximate surface area is 195 Å². The number of benzene rings is 1. The molecule has 176 valence electrons. The molecule has 30 heavy (non-hydrogen) atoms. The van der Waals surface area contributed by atoms with Gasteiger partial charge in [0.25, 0.3) is 0 Å². The normalized spacial score (nSPS) is 11.1. The van der Waals surface area contributed by atoms with Gasteiger partial charge in [0.1, 0.15) is 0 Å². The van der Waals surface area contributed by atoms with E-state index in [0.29, 0.717) is 0 Å². The molecule has 0 amide bonds. The third kappa shape index (κ3) is 17.2. The lowest BCUT2D eigenvalue weighted by Gasteiger charge is -2.22. The lowest BCUT2D eigenvalue weighted by atomic mass is 10.1. The van der Waals surface area contributed by atoms with Crippen LogP contribution in [0.4, 0.5) is 0 Å². The molecule has 0 radical (unpaired) electrons. The number of hydrogen-bond acceptors (Lipinski definition) is 1. The van der Waals surface area contributed by atoms with Crippen LogP contribution in [0.5, 0.6) is 0 Å². The Morgan fingerprint density at radius 1 is 0.533 bits per heavy atom. The molecule has 0 aromatic heterocycles. The molecule has 0 spiro atoms. The lowest BCUT2D eigenvalue weighted by molar-refractivity contribution is 0.252. The summed E-state index contributed by atoms with van der Waals surface area (Å²) >= 11 is 0. The zero-order valence-corrected chi connectivity index (χ0v) is 21.4. The minimum atomic E-state index is 0. The highest BCUT2D eigenvalue weighted by Crippen LogP contribution is 2.13. The second-order valence-corrected chi connectivity index (χ2v) is 9.21. The van der Waals surface area contributed by atoms with E-state index in [4.69, 9.17) is 0 Å². The van der Waals surface area contributed by atoms with E-state index in [2.05, 4.69) is 49.9 Å². The van der Waals surface area contributed by atoms with Crippen molar-refractivity contribution in [3.8, 4) is 0 Å². The van der Waals surface area contributed by atoms with E-state index < -0.39 is 0 Å². The third-order valence-electron chi connectivity index (χ3n) is 6.18. The van der Waals surface area contributed by atoms with Crippen molar-refractivity contribution < 1.29 is 0 Å². The van der Waals surface area contributed by atoms with Gasteiger partial charge in [-0.1, -0.05) is 134 Å². The molecule has 1 rings (SSSR count). The van der Waals surface area contributed by atoms with Gasteiger partial charge in [-0.05, 0) is 38.4 Å². The van der Waals surface area contributed by atoms with Crippen LogP contribution in [0.3, 0.4) is 0 Å². The second kappa shape index (κ2) is 21.7. The number of hydrogen-bond donors (Lipinski definition) is 0. The van der Waals surface area contributed by atoms with E-state index in [-0.39, 0.29) is 12.4 Å². The first-order valence-electron chi connectivity index (χ1n) is 13.0. The summed E-state index contributed by atoms with van der Waals surface area (Å²) in [6.45, 7) is 10.5. The summed E-state index contributed by atoms with van der Waals surface area (Å²) in [6.07, 6.45) is 22.6. The first kappa shape index (κ1) is 29.5. The molecule has 0 N–H and O–H groups in total. The molecular weight excluding hydrogens is 386 g/mol. The highest BCUT2D eigenvalue weighted by Gasteiger charge is 2.06. The lowest BCUT2D eigenvalue weighted by Crippen LogP contribution is -2.25. The van der Waals surface area contributed by atoms with Gasteiger partial charge in [-0.25, -0.2) is 0 Å². The Morgan fingerprint density at radius 3 is 1.30 bits per heavy atom. The standard InChI is InChI=1S/C28H51N.ClH/c1-4-6-8-10-12-14-16-18-24-29(26-28-22-20-27(3)21-23-28)25-19-17-15-13-11-9-7-5-2;/h20-23H,4-19,24-26H2,1-3H3;1H. The molecule has 1 nitrogen and oxygen atoms in total. The molecule has 0 bridgehead atoms. The molecule has 0 atom stereocenters. The monoisotopic (exact) mass is 437 g/mol. The van der Waals surface area contributed by atoms with Gasteiger partial charge in [0.2, 0.25) is 0 Å². The molecule has 0 heterocycles. The number of aryl methyl sites for hydroxylation is 1. The fourth-order valence-corrected chi connectivity index (χ4v) is 4.16. The Bertz CT molecular complexity index is 436. The van der Waals surface area contributed by atoms with E-state index >= 15 is 0 Å². The SMILES string of the molecule is CCCCCCCCCCN(CCCCCCCCCC)Cc1ccc(C)cc1.Cl. The van der Waals surface area contributed by atoms with Gasteiger partial charge in [0.15, 0.2) is 0 Å². The fraction of sp³-hybridized carbons (Fsp3) is 0.786. The quantitative estimate of drug-likeness (QED) is 0.183. The Balaban J connectivity index is 0.00000841. The topological polar surface area (TPSA) is 3.24 Å². The average Bonchev–Trinajstić information content (AvgIpc) is 2.73. The number of rotatable bonds is 20. The summed E-state index contributed by atoms with van der Waals surface area (Å²) < 4.78 is 0. The Morgan fingerprint density at radius 2 is 0.900 bits per heavy atom. The summed E-state index contributed by atoms with van der Waals surface area (Å²) in [6, 6.07) is 9.17. The average molecular weight is 438 g/mol. The second-order valence-electron chi connectivity index (χ2n) is 9.21. The molecule has 2 heteroatoms. The fourth-order valence-electron chi connectivity index (χ4n) is 4.16. The maximum atomic E-state index is 2.72. The van der Waals surface area contributed by atoms with Crippen LogP contribution in [0.15, 0.2) is 24.3 Å². The van der Waals surface area contributed by atoms with Crippen molar-refractivity contribution in [2.24, 2.45) is 0 Å². The smallest absolute Gasteiger partial charge is 0.0233 e. The van der Waals surface area contributed by atoms with E-state index in [1.54, 1.807) is 0 Å². The predicted molar refractivity (Wildman–Crippen MR) is 139 cm³/mol. The van der Waals surface area contributed by atoms with Crippen LogP contribution >= 0.6 is 12.4 Å². The number of halogens is 1.